The van der Waals surface area contributed by atoms with Crippen molar-refractivity contribution in [2.75, 3.05) is 0 Å². The van der Waals surface area contributed by atoms with E-state index < -0.39 is 0 Å². The highest BCUT2D eigenvalue weighted by Gasteiger charge is 2.05. The van der Waals surface area contributed by atoms with E-state index in [-0.39, 0.29) is 5.82 Å². The highest BCUT2D eigenvalue weighted by atomic mass is 32.1. The maximum atomic E-state index is 12.7. The lowest BCUT2D eigenvalue weighted by molar-refractivity contribution is 0.319. The van der Waals surface area contributed by atoms with Gasteiger partial charge in [-0.2, -0.15) is 0 Å². The summed E-state index contributed by atoms with van der Waals surface area (Å²) in [7, 11) is 0. The minimum absolute atomic E-state index is 0.242. The quantitative estimate of drug-likeness (QED) is 0.480. The lowest BCUT2D eigenvalue weighted by atomic mass is 10.2. The first-order valence-corrected chi connectivity index (χ1v) is 5.57. The molecular formula is C12H10FNOS. The number of nitrogens with zero attached hydrogens (tertiary/aromatic N) is 1. The largest absolute Gasteiger partial charge is 0.411 e. The standard InChI is InChI=1S/C12H10FNOS/c1-8(14-15)11-6-7-12(16-11)9-2-4-10(13)5-3-9/h2-7,15H,1H3. The Bertz CT molecular complexity index is 516. The number of thiophene rings is 1. The summed E-state index contributed by atoms with van der Waals surface area (Å²) in [6, 6.07) is 10.1. The van der Waals surface area contributed by atoms with Crippen molar-refractivity contribution in [2.24, 2.45) is 5.16 Å². The van der Waals surface area contributed by atoms with Crippen LogP contribution in [0.5, 0.6) is 0 Å². The first-order chi connectivity index (χ1) is 7.70. The molecule has 0 radical (unpaired) electrons. The van der Waals surface area contributed by atoms with Crippen molar-refractivity contribution < 1.29 is 9.60 Å². The topological polar surface area (TPSA) is 32.6 Å². The monoisotopic (exact) mass is 235 g/mol. The van der Waals surface area contributed by atoms with Gasteiger partial charge in [0.2, 0.25) is 0 Å². The lowest BCUT2D eigenvalue weighted by Crippen LogP contribution is -1.87. The Morgan fingerprint density at radius 3 is 2.50 bits per heavy atom. The summed E-state index contributed by atoms with van der Waals surface area (Å²) in [5.74, 6) is -0.242. The lowest BCUT2D eigenvalue weighted by Gasteiger charge is -1.96. The molecule has 0 bridgehead atoms. The summed E-state index contributed by atoms with van der Waals surface area (Å²) >= 11 is 1.51. The molecule has 1 aromatic carbocycles. The van der Waals surface area contributed by atoms with Gasteiger partial charge in [-0.05, 0) is 36.8 Å². The minimum atomic E-state index is -0.242. The molecule has 0 fully saturated rings. The Balaban J connectivity index is 2.35. The van der Waals surface area contributed by atoms with E-state index in [9.17, 15) is 4.39 Å². The Morgan fingerprint density at radius 1 is 1.19 bits per heavy atom. The second-order valence-corrected chi connectivity index (χ2v) is 4.44. The number of halogens is 1. The van der Waals surface area contributed by atoms with Gasteiger partial charge < -0.3 is 5.21 Å². The number of benzene rings is 1. The van der Waals surface area contributed by atoms with E-state index in [0.717, 1.165) is 15.3 Å². The summed E-state index contributed by atoms with van der Waals surface area (Å²) in [4.78, 5) is 1.93. The van der Waals surface area contributed by atoms with Gasteiger partial charge in [0.05, 0.1) is 10.6 Å². The third kappa shape index (κ3) is 2.12. The summed E-state index contributed by atoms with van der Waals surface area (Å²) in [5, 5.41) is 11.8. The second kappa shape index (κ2) is 4.45. The number of rotatable bonds is 2. The van der Waals surface area contributed by atoms with Crippen LogP contribution in [0.2, 0.25) is 0 Å². The van der Waals surface area contributed by atoms with Crippen molar-refractivity contribution in [3.05, 3.63) is 47.1 Å². The van der Waals surface area contributed by atoms with Gasteiger partial charge in [0.25, 0.3) is 0 Å². The van der Waals surface area contributed by atoms with Crippen LogP contribution in [-0.2, 0) is 0 Å². The van der Waals surface area contributed by atoms with Crippen LogP contribution in [0, 0.1) is 5.82 Å². The zero-order valence-electron chi connectivity index (χ0n) is 8.64. The molecule has 2 nitrogen and oxygen atoms in total. The molecule has 0 saturated heterocycles. The molecule has 0 aliphatic rings. The Morgan fingerprint density at radius 2 is 1.88 bits per heavy atom. The Kier molecular flexibility index (Phi) is 3.01. The molecule has 1 heterocycles. The molecule has 82 valence electrons. The maximum absolute atomic E-state index is 12.7. The molecule has 16 heavy (non-hydrogen) atoms. The molecule has 0 spiro atoms. The fourth-order valence-electron chi connectivity index (χ4n) is 1.35. The normalized spacial score (nSPS) is 11.8. The van der Waals surface area contributed by atoms with E-state index >= 15 is 0 Å². The van der Waals surface area contributed by atoms with Gasteiger partial charge in [-0.15, -0.1) is 11.3 Å². The van der Waals surface area contributed by atoms with Crippen LogP contribution in [0.4, 0.5) is 4.39 Å². The van der Waals surface area contributed by atoms with E-state index in [1.807, 2.05) is 12.1 Å². The van der Waals surface area contributed by atoms with E-state index in [0.29, 0.717) is 5.71 Å². The third-order valence-electron chi connectivity index (χ3n) is 2.24. The molecule has 2 aromatic rings. The molecule has 0 saturated carbocycles. The number of hydrogen-bond acceptors (Lipinski definition) is 3. The predicted octanol–water partition coefficient (Wildman–Crippen LogP) is 3.75. The summed E-state index contributed by atoms with van der Waals surface area (Å²) < 4.78 is 12.7. The van der Waals surface area contributed by atoms with Crippen molar-refractivity contribution in [3.63, 3.8) is 0 Å². The van der Waals surface area contributed by atoms with Crippen molar-refractivity contribution in [2.45, 2.75) is 6.92 Å². The molecule has 1 aromatic heterocycles. The predicted molar refractivity (Wildman–Crippen MR) is 63.7 cm³/mol. The van der Waals surface area contributed by atoms with Crippen LogP contribution in [0.3, 0.4) is 0 Å². The summed E-state index contributed by atoms with van der Waals surface area (Å²) in [6.07, 6.45) is 0. The van der Waals surface area contributed by atoms with Crippen LogP contribution in [0.25, 0.3) is 10.4 Å². The van der Waals surface area contributed by atoms with E-state index in [4.69, 9.17) is 5.21 Å². The van der Waals surface area contributed by atoms with Crippen LogP contribution in [0.15, 0.2) is 41.6 Å². The van der Waals surface area contributed by atoms with Crippen molar-refractivity contribution in [3.8, 4) is 10.4 Å². The second-order valence-electron chi connectivity index (χ2n) is 3.36. The molecule has 0 amide bonds. The molecule has 0 atom stereocenters. The van der Waals surface area contributed by atoms with Crippen LogP contribution in [0.1, 0.15) is 11.8 Å². The minimum Gasteiger partial charge on any atom is -0.411 e. The molecule has 0 unspecified atom stereocenters. The van der Waals surface area contributed by atoms with Crippen LogP contribution in [-0.4, -0.2) is 10.9 Å². The van der Waals surface area contributed by atoms with Gasteiger partial charge in [-0.3, -0.25) is 0 Å². The number of hydrogen-bond donors (Lipinski definition) is 1. The highest BCUT2D eigenvalue weighted by Crippen LogP contribution is 2.28. The van der Waals surface area contributed by atoms with Crippen molar-refractivity contribution >= 4 is 17.0 Å². The maximum Gasteiger partial charge on any atom is 0.123 e. The van der Waals surface area contributed by atoms with Crippen LogP contribution >= 0.6 is 11.3 Å². The molecule has 1 N–H and O–H groups in total. The third-order valence-corrected chi connectivity index (χ3v) is 3.48. The van der Waals surface area contributed by atoms with Crippen molar-refractivity contribution in [1.29, 1.82) is 0 Å². The SMILES string of the molecule is CC(=NO)c1ccc(-c2ccc(F)cc2)s1. The van der Waals surface area contributed by atoms with Crippen LogP contribution < -0.4 is 0 Å². The first kappa shape index (κ1) is 10.8. The first-order valence-electron chi connectivity index (χ1n) is 4.75. The van der Waals surface area contributed by atoms with E-state index in [1.165, 1.54) is 23.5 Å². The molecule has 0 aliphatic carbocycles. The van der Waals surface area contributed by atoms with Gasteiger partial charge in [-0.1, -0.05) is 17.3 Å². The van der Waals surface area contributed by atoms with Crippen molar-refractivity contribution in [1.82, 2.24) is 0 Å². The highest BCUT2D eigenvalue weighted by molar-refractivity contribution is 7.17. The summed E-state index contributed by atoms with van der Waals surface area (Å²) in [5.41, 5.74) is 1.54. The Hall–Kier alpha value is -1.68. The Labute approximate surface area is 96.7 Å². The van der Waals surface area contributed by atoms with Gasteiger partial charge in [0, 0.05) is 4.88 Å². The van der Waals surface area contributed by atoms with Gasteiger partial charge >= 0.3 is 0 Å². The molecule has 4 heteroatoms. The average molecular weight is 235 g/mol. The fourth-order valence-corrected chi connectivity index (χ4v) is 2.30. The van der Waals surface area contributed by atoms with E-state index in [1.54, 1.807) is 19.1 Å². The zero-order chi connectivity index (χ0) is 11.5. The average Bonchev–Trinajstić information content (AvgIpc) is 2.78. The summed E-state index contributed by atoms with van der Waals surface area (Å²) in [6.45, 7) is 1.74. The smallest absolute Gasteiger partial charge is 0.123 e. The van der Waals surface area contributed by atoms with Gasteiger partial charge in [-0.25, -0.2) is 4.39 Å². The molecule has 2 rings (SSSR count). The zero-order valence-corrected chi connectivity index (χ0v) is 9.46. The molecule has 0 aliphatic heterocycles. The fraction of sp³-hybridized carbons (Fsp3) is 0.0833. The number of oxime groups is 1. The van der Waals surface area contributed by atoms with Gasteiger partial charge in [0.15, 0.2) is 0 Å². The molecular weight excluding hydrogens is 225 g/mol. The van der Waals surface area contributed by atoms with Gasteiger partial charge in [0.1, 0.15) is 5.82 Å². The van der Waals surface area contributed by atoms with E-state index in [2.05, 4.69) is 5.16 Å².